The summed E-state index contributed by atoms with van der Waals surface area (Å²) in [5, 5.41) is 12.4. The highest BCUT2D eigenvalue weighted by Crippen LogP contribution is 2.35. The van der Waals surface area contributed by atoms with Crippen molar-refractivity contribution in [2.75, 3.05) is 12.4 Å². The molecule has 0 radical (unpaired) electrons. The van der Waals surface area contributed by atoms with E-state index < -0.39 is 29.2 Å². The van der Waals surface area contributed by atoms with Crippen molar-refractivity contribution in [3.8, 4) is 22.1 Å². The molecule has 0 aliphatic heterocycles. The number of anilines is 1. The number of nitrogens with one attached hydrogen (secondary N) is 1. The van der Waals surface area contributed by atoms with Gasteiger partial charge < -0.3 is 19.9 Å². The maximum atomic E-state index is 12.9. The molecule has 1 heterocycles. The fourth-order valence-corrected chi connectivity index (χ4v) is 3.84. The number of amides is 1. The summed E-state index contributed by atoms with van der Waals surface area (Å²) < 4.78 is 49.2. The number of ether oxygens (including phenoxy) is 2. The van der Waals surface area contributed by atoms with E-state index in [1.807, 2.05) is 0 Å². The molecule has 0 aliphatic carbocycles. The van der Waals surface area contributed by atoms with Crippen LogP contribution in [-0.4, -0.2) is 34.7 Å². The lowest BCUT2D eigenvalue weighted by Gasteiger charge is -2.23. The lowest BCUT2D eigenvalue weighted by molar-refractivity contribution is -0.152. The molecular weight excluding hydrogens is 473 g/mol. The molecule has 11 heteroatoms. The molecule has 1 amide bonds. The number of carbonyl (C=O) groups excluding carboxylic acids is 1. The van der Waals surface area contributed by atoms with Gasteiger partial charge in [-0.15, -0.1) is 11.3 Å². The molecule has 0 fully saturated rings. The first-order valence-corrected chi connectivity index (χ1v) is 10.7. The summed E-state index contributed by atoms with van der Waals surface area (Å²) in [7, 11) is 1.40. The van der Waals surface area contributed by atoms with Gasteiger partial charge in [0.05, 0.1) is 18.4 Å². The van der Waals surface area contributed by atoms with Gasteiger partial charge in [0.25, 0.3) is 5.91 Å². The minimum Gasteiger partial charge on any atom is -0.493 e. The Morgan fingerprint density at radius 1 is 1.06 bits per heavy atom. The maximum absolute atomic E-state index is 12.9. The number of hydrogen-bond acceptors (Lipinski definition) is 6. The molecule has 7 nitrogen and oxygen atoms in total. The van der Waals surface area contributed by atoms with Gasteiger partial charge in [0, 0.05) is 17.3 Å². The molecule has 2 aromatic carbocycles. The third kappa shape index (κ3) is 5.48. The first-order chi connectivity index (χ1) is 15.8. The minimum absolute atomic E-state index is 0.124. The lowest BCUT2D eigenvalue weighted by Crippen LogP contribution is -2.38. The number of carboxylic acid groups (broad SMARTS) is 1. The van der Waals surface area contributed by atoms with Crippen LogP contribution < -0.4 is 14.8 Å². The minimum atomic E-state index is -4.44. The van der Waals surface area contributed by atoms with Gasteiger partial charge in [-0.05, 0) is 45.0 Å². The van der Waals surface area contributed by atoms with Crippen molar-refractivity contribution in [2.24, 2.45) is 0 Å². The normalized spacial score (nSPS) is 11.7. The molecule has 3 aromatic rings. The number of rotatable bonds is 7. The standard InChI is InChI=1S/C23H21F3N2O5S/c1-12-18(34-20(27-12)13-5-7-14(8-6-13)23(24,25)26)19(29)28-15-9-10-16(32-4)17(11-15)33-22(2,3)21(30)31/h5-11H,1-4H3,(H,28,29)(H,30,31). The zero-order chi connectivity index (χ0) is 25.3. The third-order valence-electron chi connectivity index (χ3n) is 4.76. The quantitative estimate of drug-likeness (QED) is 0.441. The number of carboxylic acids is 1. The Labute approximate surface area is 197 Å². The predicted octanol–water partition coefficient (Wildman–Crippen LogP) is 5.64. The molecule has 0 bridgehead atoms. The highest BCUT2D eigenvalue weighted by atomic mass is 32.1. The van der Waals surface area contributed by atoms with Gasteiger partial charge in [0.1, 0.15) is 9.88 Å². The van der Waals surface area contributed by atoms with Crippen LogP contribution in [0.4, 0.5) is 18.9 Å². The van der Waals surface area contributed by atoms with Crippen molar-refractivity contribution in [1.29, 1.82) is 0 Å². The van der Waals surface area contributed by atoms with E-state index >= 15 is 0 Å². The number of hydrogen-bond donors (Lipinski definition) is 2. The summed E-state index contributed by atoms with van der Waals surface area (Å²) in [4.78, 5) is 28.9. The van der Waals surface area contributed by atoms with Crippen molar-refractivity contribution in [1.82, 2.24) is 4.98 Å². The van der Waals surface area contributed by atoms with Crippen molar-refractivity contribution in [2.45, 2.75) is 32.5 Å². The van der Waals surface area contributed by atoms with Crippen molar-refractivity contribution in [3.63, 3.8) is 0 Å². The summed E-state index contributed by atoms with van der Waals surface area (Å²) >= 11 is 1.04. The van der Waals surface area contributed by atoms with E-state index in [9.17, 15) is 27.9 Å². The zero-order valence-electron chi connectivity index (χ0n) is 18.6. The second-order valence-corrected chi connectivity index (χ2v) is 8.75. The second-order valence-electron chi connectivity index (χ2n) is 7.75. The van der Waals surface area contributed by atoms with E-state index in [4.69, 9.17) is 9.47 Å². The molecule has 180 valence electrons. The second kappa shape index (κ2) is 9.34. The van der Waals surface area contributed by atoms with E-state index in [-0.39, 0.29) is 16.4 Å². The Kier molecular flexibility index (Phi) is 6.87. The molecule has 2 N–H and O–H groups in total. The molecule has 0 saturated heterocycles. The summed E-state index contributed by atoms with van der Waals surface area (Å²) in [5.74, 6) is -1.26. The highest BCUT2D eigenvalue weighted by molar-refractivity contribution is 7.17. The van der Waals surface area contributed by atoms with Crippen LogP contribution >= 0.6 is 11.3 Å². The van der Waals surface area contributed by atoms with E-state index in [0.717, 1.165) is 23.5 Å². The van der Waals surface area contributed by atoms with Crippen molar-refractivity contribution < 1.29 is 37.3 Å². The molecule has 0 unspecified atom stereocenters. The molecule has 1 aromatic heterocycles. The summed E-state index contributed by atoms with van der Waals surface area (Å²) in [5.41, 5.74) is -1.12. The first kappa shape index (κ1) is 25.0. The van der Waals surface area contributed by atoms with Gasteiger partial charge in [-0.25, -0.2) is 9.78 Å². The molecule has 0 aliphatic rings. The van der Waals surface area contributed by atoms with Gasteiger partial charge in [-0.3, -0.25) is 4.79 Å². The molecule has 3 rings (SSSR count). The van der Waals surface area contributed by atoms with Crippen molar-refractivity contribution >= 4 is 28.9 Å². The van der Waals surface area contributed by atoms with Crippen LogP contribution in [0.3, 0.4) is 0 Å². The lowest BCUT2D eigenvalue weighted by atomic mass is 10.1. The number of thiazole rings is 1. The predicted molar refractivity (Wildman–Crippen MR) is 121 cm³/mol. The molecular formula is C23H21F3N2O5S. The number of nitrogens with zero attached hydrogens (tertiary/aromatic N) is 1. The zero-order valence-corrected chi connectivity index (χ0v) is 19.4. The van der Waals surface area contributed by atoms with E-state index in [1.165, 1.54) is 45.2 Å². The number of halogens is 3. The number of alkyl halides is 3. The SMILES string of the molecule is COc1ccc(NC(=O)c2sc(-c3ccc(C(F)(F)F)cc3)nc2C)cc1OC(C)(C)C(=O)O. The van der Waals surface area contributed by atoms with Gasteiger partial charge in [-0.1, -0.05) is 12.1 Å². The number of aromatic nitrogens is 1. The smallest absolute Gasteiger partial charge is 0.416 e. The van der Waals surface area contributed by atoms with Crippen LogP contribution in [0.2, 0.25) is 0 Å². The van der Waals surface area contributed by atoms with Crippen LogP contribution in [0.25, 0.3) is 10.6 Å². The monoisotopic (exact) mass is 494 g/mol. The highest BCUT2D eigenvalue weighted by Gasteiger charge is 2.31. The summed E-state index contributed by atoms with van der Waals surface area (Å²) in [6.07, 6.45) is -4.44. The third-order valence-corrected chi connectivity index (χ3v) is 5.97. The average Bonchev–Trinajstić information content (AvgIpc) is 3.15. The number of carbonyl (C=O) groups is 2. The first-order valence-electron chi connectivity index (χ1n) is 9.88. The van der Waals surface area contributed by atoms with E-state index in [1.54, 1.807) is 13.0 Å². The van der Waals surface area contributed by atoms with Gasteiger partial charge in [-0.2, -0.15) is 13.2 Å². The molecule has 0 spiro atoms. The van der Waals surface area contributed by atoms with E-state index in [2.05, 4.69) is 10.3 Å². The van der Waals surface area contributed by atoms with Crippen molar-refractivity contribution in [3.05, 3.63) is 58.6 Å². The van der Waals surface area contributed by atoms with Crippen LogP contribution in [0.5, 0.6) is 11.5 Å². The molecule has 0 saturated carbocycles. The number of aliphatic carboxylic acids is 1. The van der Waals surface area contributed by atoms with Crippen LogP contribution in [-0.2, 0) is 11.0 Å². The summed E-state index contributed by atoms with van der Waals surface area (Å²) in [6.45, 7) is 4.38. The van der Waals surface area contributed by atoms with E-state index in [0.29, 0.717) is 22.0 Å². The Balaban J connectivity index is 1.83. The number of benzene rings is 2. The van der Waals surface area contributed by atoms with Gasteiger partial charge in [0.15, 0.2) is 17.1 Å². The van der Waals surface area contributed by atoms with Crippen LogP contribution in [0.15, 0.2) is 42.5 Å². The average molecular weight is 494 g/mol. The Hall–Kier alpha value is -3.60. The molecule has 0 atom stereocenters. The Bertz CT molecular complexity index is 1220. The summed E-state index contributed by atoms with van der Waals surface area (Å²) in [6, 6.07) is 9.06. The maximum Gasteiger partial charge on any atom is 0.416 e. The van der Waals surface area contributed by atoms with Crippen LogP contribution in [0.1, 0.15) is 34.8 Å². The van der Waals surface area contributed by atoms with Crippen LogP contribution in [0, 0.1) is 6.92 Å². The van der Waals surface area contributed by atoms with Gasteiger partial charge in [0.2, 0.25) is 0 Å². The van der Waals surface area contributed by atoms with Gasteiger partial charge >= 0.3 is 12.1 Å². The Morgan fingerprint density at radius 3 is 2.26 bits per heavy atom. The number of aryl methyl sites for hydroxylation is 1. The molecule has 34 heavy (non-hydrogen) atoms. The fourth-order valence-electron chi connectivity index (χ4n) is 2.87. The number of methoxy groups -OCH3 is 1. The Morgan fingerprint density at radius 2 is 1.71 bits per heavy atom. The topological polar surface area (TPSA) is 97.8 Å². The largest absolute Gasteiger partial charge is 0.493 e. The fraction of sp³-hybridized carbons (Fsp3) is 0.261.